The van der Waals surface area contributed by atoms with E-state index in [2.05, 4.69) is 5.32 Å². The van der Waals surface area contributed by atoms with E-state index in [0.29, 0.717) is 23.9 Å². The number of amides is 1. The van der Waals surface area contributed by atoms with Gasteiger partial charge in [0.05, 0.1) is 5.02 Å². The van der Waals surface area contributed by atoms with Gasteiger partial charge in [-0.15, -0.1) is 0 Å². The predicted molar refractivity (Wildman–Crippen MR) is 77.7 cm³/mol. The van der Waals surface area contributed by atoms with Crippen LogP contribution in [0, 0.1) is 0 Å². The van der Waals surface area contributed by atoms with Gasteiger partial charge in [-0.25, -0.2) is 4.79 Å². The third kappa shape index (κ3) is 3.22. The van der Waals surface area contributed by atoms with E-state index in [1.165, 1.54) is 0 Å². The minimum atomic E-state index is -1.27. The van der Waals surface area contributed by atoms with Crippen molar-refractivity contribution in [2.45, 2.75) is 38.3 Å². The molecule has 21 heavy (non-hydrogen) atoms. The summed E-state index contributed by atoms with van der Waals surface area (Å²) in [5.74, 6) is -1.46. The average molecular weight is 315 g/mol. The van der Waals surface area contributed by atoms with Crippen molar-refractivity contribution in [3.63, 3.8) is 0 Å². The fourth-order valence-corrected chi connectivity index (χ4v) is 2.66. The van der Waals surface area contributed by atoms with Crippen molar-refractivity contribution in [3.05, 3.63) is 23.0 Å². The summed E-state index contributed by atoms with van der Waals surface area (Å²) in [7, 11) is 0. The van der Waals surface area contributed by atoms with Crippen LogP contribution in [0.4, 0.5) is 0 Å². The van der Waals surface area contributed by atoms with E-state index in [1.54, 1.807) is 16.8 Å². The average Bonchev–Trinajstić information content (AvgIpc) is 2.82. The fraction of sp³-hybridized carbons (Fsp3) is 0.571. The first-order valence-electron chi connectivity index (χ1n) is 6.87. The Balaban J connectivity index is 2.25. The number of hydrogen-bond acceptors (Lipinski definition) is 3. The molecule has 1 amide bonds. The zero-order valence-corrected chi connectivity index (χ0v) is 12.8. The first-order valence-corrected chi connectivity index (χ1v) is 7.24. The van der Waals surface area contributed by atoms with E-state index in [1.807, 2.05) is 13.8 Å². The maximum absolute atomic E-state index is 12.5. The second kappa shape index (κ2) is 6.07. The predicted octanol–water partition coefficient (Wildman–Crippen LogP) is 2.09. The van der Waals surface area contributed by atoms with Gasteiger partial charge < -0.3 is 19.7 Å². The van der Waals surface area contributed by atoms with Gasteiger partial charge in [-0.05, 0) is 19.9 Å². The zero-order chi connectivity index (χ0) is 15.6. The van der Waals surface area contributed by atoms with E-state index < -0.39 is 17.4 Å². The quantitative estimate of drug-likeness (QED) is 0.891. The molecule has 0 radical (unpaired) electrons. The van der Waals surface area contributed by atoms with Crippen LogP contribution >= 0.6 is 11.6 Å². The van der Waals surface area contributed by atoms with Gasteiger partial charge in [0.15, 0.2) is 0 Å². The molecule has 1 saturated heterocycles. The van der Waals surface area contributed by atoms with Crippen molar-refractivity contribution >= 4 is 23.5 Å². The van der Waals surface area contributed by atoms with Crippen LogP contribution in [0.3, 0.4) is 0 Å². The van der Waals surface area contributed by atoms with Gasteiger partial charge in [0.2, 0.25) is 0 Å². The molecule has 1 aromatic heterocycles. The molecule has 1 aliphatic heterocycles. The summed E-state index contributed by atoms with van der Waals surface area (Å²) in [6, 6.07) is 1.60. The number of nitrogens with one attached hydrogen (secondary N) is 1. The number of carboxylic acids is 1. The van der Waals surface area contributed by atoms with Crippen molar-refractivity contribution in [2.75, 3.05) is 13.2 Å². The van der Waals surface area contributed by atoms with Crippen LogP contribution in [0.25, 0.3) is 0 Å². The Morgan fingerprint density at radius 1 is 1.43 bits per heavy atom. The molecule has 1 aliphatic rings. The van der Waals surface area contributed by atoms with Crippen LogP contribution in [0.1, 0.15) is 43.2 Å². The van der Waals surface area contributed by atoms with Crippen LogP contribution in [0.5, 0.6) is 0 Å². The molecule has 0 unspecified atom stereocenters. The summed E-state index contributed by atoms with van der Waals surface area (Å²) in [4.78, 5) is 24.0. The number of nitrogens with zero attached hydrogens (tertiary/aromatic N) is 1. The molecular weight excluding hydrogens is 296 g/mol. The Hall–Kier alpha value is -1.53. The molecule has 1 aromatic rings. The van der Waals surface area contributed by atoms with E-state index >= 15 is 0 Å². The number of rotatable bonds is 4. The maximum Gasteiger partial charge on any atom is 0.329 e. The minimum Gasteiger partial charge on any atom is -0.480 e. The number of carbonyl (C=O) groups is 2. The number of ether oxygens (including phenoxy) is 1. The van der Waals surface area contributed by atoms with Gasteiger partial charge in [-0.2, -0.15) is 0 Å². The molecule has 7 heteroatoms. The summed E-state index contributed by atoms with van der Waals surface area (Å²) < 4.78 is 6.92. The lowest BCUT2D eigenvalue weighted by Crippen LogP contribution is -2.57. The molecule has 0 spiro atoms. The van der Waals surface area contributed by atoms with Crippen LogP contribution < -0.4 is 5.32 Å². The number of halogens is 1. The largest absolute Gasteiger partial charge is 0.480 e. The van der Waals surface area contributed by atoms with Crippen LogP contribution in [0.2, 0.25) is 5.02 Å². The standard InChI is InChI=1S/C14H19ClN2O4/c1-9(2)17-8-10(15)7-11(17)12(18)16-14(13(19)20)3-5-21-6-4-14/h7-9H,3-6H2,1-2H3,(H,16,18)(H,19,20). The number of aromatic nitrogens is 1. The third-order valence-corrected chi connectivity index (χ3v) is 3.92. The smallest absolute Gasteiger partial charge is 0.329 e. The molecule has 6 nitrogen and oxygen atoms in total. The highest BCUT2D eigenvalue weighted by Gasteiger charge is 2.42. The topological polar surface area (TPSA) is 80.6 Å². The molecule has 0 aliphatic carbocycles. The highest BCUT2D eigenvalue weighted by molar-refractivity contribution is 6.31. The molecule has 0 bridgehead atoms. The number of carbonyl (C=O) groups excluding carboxylic acids is 1. The second-order valence-electron chi connectivity index (χ2n) is 5.50. The number of aliphatic carboxylic acids is 1. The molecule has 0 atom stereocenters. The van der Waals surface area contributed by atoms with Crippen molar-refractivity contribution in [3.8, 4) is 0 Å². The Kier molecular flexibility index (Phi) is 4.58. The van der Waals surface area contributed by atoms with E-state index in [0.717, 1.165) is 0 Å². The lowest BCUT2D eigenvalue weighted by Gasteiger charge is -2.34. The van der Waals surface area contributed by atoms with E-state index in [-0.39, 0.29) is 18.9 Å². The van der Waals surface area contributed by atoms with Gasteiger partial charge in [-0.1, -0.05) is 11.6 Å². The monoisotopic (exact) mass is 314 g/mol. The van der Waals surface area contributed by atoms with Crippen LogP contribution in [-0.2, 0) is 9.53 Å². The molecule has 0 saturated carbocycles. The molecule has 2 N–H and O–H groups in total. The number of hydrogen-bond donors (Lipinski definition) is 2. The summed E-state index contributed by atoms with van der Waals surface area (Å²) in [6.07, 6.45) is 2.17. The van der Waals surface area contributed by atoms with Crippen molar-refractivity contribution in [1.29, 1.82) is 0 Å². The highest BCUT2D eigenvalue weighted by Crippen LogP contribution is 2.24. The molecule has 0 aromatic carbocycles. The van der Waals surface area contributed by atoms with Crippen molar-refractivity contribution in [2.24, 2.45) is 0 Å². The lowest BCUT2D eigenvalue weighted by atomic mass is 9.90. The van der Waals surface area contributed by atoms with E-state index in [4.69, 9.17) is 16.3 Å². The first kappa shape index (κ1) is 15.9. The molecule has 2 rings (SSSR count). The molecular formula is C14H19ClN2O4. The van der Waals surface area contributed by atoms with Crippen LogP contribution in [0.15, 0.2) is 12.3 Å². The lowest BCUT2D eigenvalue weighted by molar-refractivity contribution is -0.148. The third-order valence-electron chi connectivity index (χ3n) is 3.71. The summed E-state index contributed by atoms with van der Waals surface area (Å²) in [5, 5.41) is 12.6. The second-order valence-corrected chi connectivity index (χ2v) is 5.93. The van der Waals surface area contributed by atoms with Gasteiger partial charge in [0, 0.05) is 38.3 Å². The SMILES string of the molecule is CC(C)n1cc(Cl)cc1C(=O)NC1(C(=O)O)CCOCC1. The summed E-state index contributed by atoms with van der Waals surface area (Å²) in [6.45, 7) is 4.49. The Labute approximate surface area is 128 Å². The minimum absolute atomic E-state index is 0.0497. The fourth-order valence-electron chi connectivity index (χ4n) is 2.45. The zero-order valence-electron chi connectivity index (χ0n) is 12.1. The van der Waals surface area contributed by atoms with Gasteiger partial charge >= 0.3 is 5.97 Å². The van der Waals surface area contributed by atoms with Crippen molar-refractivity contribution < 1.29 is 19.4 Å². The Morgan fingerprint density at radius 3 is 2.57 bits per heavy atom. The normalized spacial score (nSPS) is 17.7. The van der Waals surface area contributed by atoms with Crippen molar-refractivity contribution in [1.82, 2.24) is 9.88 Å². The van der Waals surface area contributed by atoms with Crippen LogP contribution in [-0.4, -0.2) is 40.3 Å². The summed E-state index contributed by atoms with van der Waals surface area (Å²) in [5.41, 5.74) is -0.907. The van der Waals surface area contributed by atoms with E-state index in [9.17, 15) is 14.7 Å². The molecule has 2 heterocycles. The maximum atomic E-state index is 12.5. The highest BCUT2D eigenvalue weighted by atomic mass is 35.5. The van der Waals surface area contributed by atoms with Gasteiger partial charge in [0.1, 0.15) is 11.2 Å². The molecule has 1 fully saturated rings. The molecule has 116 valence electrons. The number of carboxylic acid groups (broad SMARTS) is 1. The van der Waals surface area contributed by atoms with Gasteiger partial charge in [-0.3, -0.25) is 4.79 Å². The Bertz CT molecular complexity index is 547. The van der Waals surface area contributed by atoms with Gasteiger partial charge in [0.25, 0.3) is 5.91 Å². The first-order chi connectivity index (χ1) is 9.85. The Morgan fingerprint density at radius 2 is 2.05 bits per heavy atom. The summed E-state index contributed by atoms with van der Waals surface area (Å²) >= 11 is 5.96.